The summed E-state index contributed by atoms with van der Waals surface area (Å²) >= 11 is 9.17. The third-order valence-corrected chi connectivity index (χ3v) is 5.28. The van der Waals surface area contributed by atoms with Crippen molar-refractivity contribution in [3.05, 3.63) is 51.7 Å². The number of nitriles is 1. The monoisotopic (exact) mass is 342 g/mol. The molecule has 106 valence electrons. The Labute approximate surface area is 138 Å². The van der Waals surface area contributed by atoms with Crippen LogP contribution in [0.3, 0.4) is 0 Å². The number of hydrogen-bond donors (Lipinski definition) is 0. The second-order valence-corrected chi connectivity index (χ2v) is 6.76. The highest BCUT2D eigenvalue weighted by Gasteiger charge is 2.13. The first-order chi connectivity index (χ1) is 10.8. The Morgan fingerprint density at radius 1 is 1.32 bits per heavy atom. The normalized spacial score (nSPS) is 12.1. The van der Waals surface area contributed by atoms with Gasteiger partial charge in [-0.2, -0.15) is 5.26 Å². The second kappa shape index (κ2) is 5.21. The maximum absolute atomic E-state index is 9.50. The molecule has 3 heterocycles. The number of allylic oxidation sites excluding steroid dienone is 1. The molecule has 0 atom stereocenters. The molecule has 0 amide bonds. The molecular formula is C15H7ClN4S2. The molecule has 0 spiro atoms. The van der Waals surface area contributed by atoms with Crippen molar-refractivity contribution in [3.63, 3.8) is 0 Å². The lowest BCUT2D eigenvalue weighted by atomic mass is 10.2. The lowest BCUT2D eigenvalue weighted by Gasteiger charge is -1.94. The first kappa shape index (κ1) is 13.5. The molecule has 0 N–H and O–H groups in total. The van der Waals surface area contributed by atoms with Gasteiger partial charge >= 0.3 is 0 Å². The van der Waals surface area contributed by atoms with Crippen LogP contribution in [-0.2, 0) is 0 Å². The van der Waals surface area contributed by atoms with E-state index in [2.05, 4.69) is 16.0 Å². The van der Waals surface area contributed by atoms with Gasteiger partial charge in [0.2, 0.25) is 0 Å². The van der Waals surface area contributed by atoms with E-state index in [4.69, 9.17) is 11.6 Å². The van der Waals surface area contributed by atoms with Gasteiger partial charge in [0.25, 0.3) is 0 Å². The smallest absolute Gasteiger partial charge is 0.195 e. The molecule has 0 aliphatic rings. The van der Waals surface area contributed by atoms with Crippen LogP contribution < -0.4 is 0 Å². The molecule has 0 saturated carbocycles. The fraction of sp³-hybridized carbons (Fsp3) is 0. The number of rotatable bonds is 2. The van der Waals surface area contributed by atoms with Crippen LogP contribution in [0.4, 0.5) is 0 Å². The number of imidazole rings is 1. The lowest BCUT2D eigenvalue weighted by molar-refractivity contribution is 1.21. The molecule has 0 saturated heterocycles. The van der Waals surface area contributed by atoms with Gasteiger partial charge in [0.1, 0.15) is 11.1 Å². The molecule has 0 aliphatic heterocycles. The summed E-state index contributed by atoms with van der Waals surface area (Å²) in [5.74, 6) is 0. The van der Waals surface area contributed by atoms with Crippen LogP contribution in [0.25, 0.3) is 26.8 Å². The summed E-state index contributed by atoms with van der Waals surface area (Å²) in [5.41, 5.74) is 2.08. The number of thiazole rings is 2. The van der Waals surface area contributed by atoms with Crippen molar-refractivity contribution in [2.24, 2.45) is 0 Å². The van der Waals surface area contributed by atoms with Crippen molar-refractivity contribution < 1.29 is 0 Å². The zero-order valence-corrected chi connectivity index (χ0v) is 13.4. The average molecular weight is 343 g/mol. The zero-order chi connectivity index (χ0) is 15.1. The Bertz CT molecular complexity index is 1030. The molecule has 4 rings (SSSR count). The Hall–Kier alpha value is -2.20. The number of aromatic nitrogens is 3. The molecule has 0 aliphatic carbocycles. The van der Waals surface area contributed by atoms with E-state index in [1.807, 2.05) is 40.2 Å². The van der Waals surface area contributed by atoms with Crippen molar-refractivity contribution in [2.45, 2.75) is 0 Å². The standard InChI is InChI=1S/C15H7ClN4S2/c16-13-11(20-5-6-21-15(20)19-13)7-9(8-17)14-18-10-3-1-2-4-12(10)22-14/h1-7H/b9-7+. The minimum Gasteiger partial charge on any atom is -0.289 e. The Morgan fingerprint density at radius 2 is 2.18 bits per heavy atom. The third kappa shape index (κ3) is 2.11. The Balaban J connectivity index is 1.89. The number of halogens is 1. The summed E-state index contributed by atoms with van der Waals surface area (Å²) < 4.78 is 2.93. The number of nitrogens with zero attached hydrogens (tertiary/aromatic N) is 4. The number of benzene rings is 1. The van der Waals surface area contributed by atoms with Crippen molar-refractivity contribution in [2.75, 3.05) is 0 Å². The maximum Gasteiger partial charge on any atom is 0.195 e. The van der Waals surface area contributed by atoms with Gasteiger partial charge in [-0.3, -0.25) is 4.40 Å². The first-order valence-electron chi connectivity index (χ1n) is 6.35. The van der Waals surface area contributed by atoms with Gasteiger partial charge < -0.3 is 0 Å². The predicted molar refractivity (Wildman–Crippen MR) is 91.2 cm³/mol. The number of fused-ring (bicyclic) bond motifs is 2. The molecule has 0 fully saturated rings. The van der Waals surface area contributed by atoms with Crippen molar-refractivity contribution in [3.8, 4) is 6.07 Å². The Kier molecular flexibility index (Phi) is 3.19. The van der Waals surface area contributed by atoms with Crippen LogP contribution in [0, 0.1) is 11.3 Å². The summed E-state index contributed by atoms with van der Waals surface area (Å²) in [7, 11) is 0. The van der Waals surface area contributed by atoms with Crippen LogP contribution in [0.1, 0.15) is 10.7 Å². The Morgan fingerprint density at radius 3 is 3.00 bits per heavy atom. The highest BCUT2D eigenvalue weighted by molar-refractivity contribution is 7.19. The lowest BCUT2D eigenvalue weighted by Crippen LogP contribution is -1.85. The molecule has 0 bridgehead atoms. The molecule has 7 heteroatoms. The van der Waals surface area contributed by atoms with E-state index in [9.17, 15) is 5.26 Å². The predicted octanol–water partition coefficient (Wildman–Crippen LogP) is 4.72. The van der Waals surface area contributed by atoms with E-state index in [1.54, 1.807) is 6.08 Å². The minimum atomic E-state index is 0.390. The first-order valence-corrected chi connectivity index (χ1v) is 8.42. The van der Waals surface area contributed by atoms with Gasteiger partial charge in [0.05, 0.1) is 21.5 Å². The maximum atomic E-state index is 9.50. The molecule has 0 unspecified atom stereocenters. The summed E-state index contributed by atoms with van der Waals surface area (Å²) in [6.45, 7) is 0. The van der Waals surface area contributed by atoms with Crippen molar-refractivity contribution >= 4 is 61.1 Å². The van der Waals surface area contributed by atoms with Gasteiger partial charge in [-0.15, -0.1) is 22.7 Å². The topological polar surface area (TPSA) is 54.0 Å². The van der Waals surface area contributed by atoms with Crippen LogP contribution in [0.2, 0.25) is 5.15 Å². The van der Waals surface area contributed by atoms with Gasteiger partial charge in [-0.05, 0) is 18.2 Å². The molecule has 22 heavy (non-hydrogen) atoms. The molecular weight excluding hydrogens is 336 g/mol. The number of hydrogen-bond acceptors (Lipinski definition) is 5. The average Bonchev–Trinajstić information content (AvgIpc) is 3.19. The fourth-order valence-corrected chi connectivity index (χ4v) is 4.10. The van der Waals surface area contributed by atoms with Gasteiger partial charge in [-0.1, -0.05) is 23.7 Å². The quantitative estimate of drug-likeness (QED) is 0.495. The SMILES string of the molecule is N#C/C(=C\c1c(Cl)nc2sccn12)c1nc2ccccc2s1. The van der Waals surface area contributed by atoms with Crippen LogP contribution >= 0.6 is 34.3 Å². The van der Waals surface area contributed by atoms with E-state index in [0.29, 0.717) is 21.4 Å². The summed E-state index contributed by atoms with van der Waals surface area (Å²) in [5, 5.41) is 12.5. The summed E-state index contributed by atoms with van der Waals surface area (Å²) in [6.07, 6.45) is 3.63. The van der Waals surface area contributed by atoms with E-state index >= 15 is 0 Å². The van der Waals surface area contributed by atoms with Gasteiger partial charge in [0.15, 0.2) is 10.1 Å². The molecule has 1 aromatic carbocycles. The van der Waals surface area contributed by atoms with Gasteiger partial charge in [-0.25, -0.2) is 9.97 Å². The molecule has 3 aromatic heterocycles. The minimum absolute atomic E-state index is 0.390. The second-order valence-electron chi connectivity index (χ2n) is 4.50. The summed E-state index contributed by atoms with van der Waals surface area (Å²) in [6, 6.07) is 10.0. The van der Waals surface area contributed by atoms with Crippen LogP contribution in [-0.4, -0.2) is 14.4 Å². The third-order valence-electron chi connectivity index (χ3n) is 3.18. The molecule has 4 nitrogen and oxygen atoms in total. The van der Waals surface area contributed by atoms with E-state index < -0.39 is 0 Å². The van der Waals surface area contributed by atoms with Crippen molar-refractivity contribution in [1.29, 1.82) is 5.26 Å². The highest BCUT2D eigenvalue weighted by Crippen LogP contribution is 2.30. The van der Waals surface area contributed by atoms with E-state index in [-0.39, 0.29) is 0 Å². The highest BCUT2D eigenvalue weighted by atomic mass is 35.5. The van der Waals surface area contributed by atoms with Crippen molar-refractivity contribution in [1.82, 2.24) is 14.4 Å². The largest absolute Gasteiger partial charge is 0.289 e. The fourth-order valence-electron chi connectivity index (χ4n) is 2.17. The number of para-hydroxylation sites is 1. The molecule has 4 aromatic rings. The van der Waals surface area contributed by atoms with Crippen LogP contribution in [0.5, 0.6) is 0 Å². The molecule has 0 radical (unpaired) electrons. The van der Waals surface area contributed by atoms with E-state index in [0.717, 1.165) is 15.2 Å². The summed E-state index contributed by atoms with van der Waals surface area (Å²) in [4.78, 5) is 9.60. The van der Waals surface area contributed by atoms with Gasteiger partial charge in [0, 0.05) is 11.6 Å². The zero-order valence-electron chi connectivity index (χ0n) is 11.0. The van der Waals surface area contributed by atoms with Crippen LogP contribution in [0.15, 0.2) is 35.8 Å². The van der Waals surface area contributed by atoms with E-state index in [1.165, 1.54) is 22.7 Å².